The van der Waals surface area contributed by atoms with E-state index in [0.29, 0.717) is 16.5 Å². The molecule has 4 nitrogen and oxygen atoms in total. The molecule has 1 N–H and O–H groups in total. The van der Waals surface area contributed by atoms with Crippen molar-refractivity contribution in [3.05, 3.63) is 46.2 Å². The Kier molecular flexibility index (Phi) is 4.39. The number of H-pyrrole nitrogens is 1. The average Bonchev–Trinajstić information content (AvgIpc) is 2.28. The molecule has 0 saturated heterocycles. The summed E-state index contributed by atoms with van der Waals surface area (Å²) in [4.78, 5) is 25.5. The molecule has 0 aliphatic rings. The number of aromatic nitrogens is 1. The third-order valence-electron chi connectivity index (χ3n) is 2.12. The maximum absolute atomic E-state index is 11.4. The number of rotatable bonds is 1. The Balaban J connectivity index is 0.00000128. The fraction of sp³-hybridized carbons (Fsp3) is 0.0909. The Labute approximate surface area is 117 Å². The van der Waals surface area contributed by atoms with Gasteiger partial charge in [-0.25, -0.2) is 4.79 Å². The second kappa shape index (κ2) is 5.37. The van der Waals surface area contributed by atoms with Crippen LogP contribution in [0.2, 0.25) is 0 Å². The average molecular weight is 291 g/mol. The third-order valence-corrected chi connectivity index (χ3v) is 2.12. The van der Waals surface area contributed by atoms with Crippen LogP contribution in [0.1, 0.15) is 10.4 Å². The van der Waals surface area contributed by atoms with Gasteiger partial charge >= 0.3 is 5.97 Å². The molecule has 79 valence electrons. The summed E-state index contributed by atoms with van der Waals surface area (Å²) < 4.78 is 4.57. The standard InChI is InChI=1S/C11H8NO3.Y/c1-15-11(14)7-2-3-9-8(6-7)10(13)4-5-12-9;/h2-4,6H,1H3,(H,12,13);/q-1;. The molecule has 1 aromatic heterocycles. The number of pyridine rings is 1. The number of carbonyl (C=O) groups is 1. The fourth-order valence-corrected chi connectivity index (χ4v) is 1.36. The summed E-state index contributed by atoms with van der Waals surface area (Å²) >= 11 is 0. The topological polar surface area (TPSA) is 59.2 Å². The first-order valence-corrected chi connectivity index (χ1v) is 4.34. The molecule has 1 radical (unpaired) electrons. The predicted octanol–water partition coefficient (Wildman–Crippen LogP) is 1.11. The van der Waals surface area contributed by atoms with Gasteiger partial charge in [0.1, 0.15) is 0 Å². The van der Waals surface area contributed by atoms with E-state index in [2.05, 4.69) is 15.9 Å². The maximum atomic E-state index is 11.4. The van der Waals surface area contributed by atoms with Crippen LogP contribution >= 0.6 is 0 Å². The van der Waals surface area contributed by atoms with E-state index in [0.717, 1.165) is 0 Å². The number of aromatic amines is 1. The van der Waals surface area contributed by atoms with Crippen LogP contribution in [0.25, 0.3) is 10.9 Å². The minimum absolute atomic E-state index is 0. The van der Waals surface area contributed by atoms with E-state index in [1.54, 1.807) is 12.1 Å². The van der Waals surface area contributed by atoms with E-state index < -0.39 is 5.97 Å². The largest absolute Gasteiger partial charge is 0.468 e. The number of esters is 1. The number of ether oxygens (including phenoxy) is 1. The van der Waals surface area contributed by atoms with Crippen molar-refractivity contribution in [2.75, 3.05) is 7.11 Å². The Hall–Kier alpha value is -0.996. The molecular formula is C11H8NO3Y-. The van der Waals surface area contributed by atoms with Crippen LogP contribution in [-0.4, -0.2) is 18.1 Å². The molecule has 0 amide bonds. The second-order valence-electron chi connectivity index (χ2n) is 3.03. The number of methoxy groups -OCH3 is 1. The first kappa shape index (κ1) is 13.1. The number of hydrogen-bond donors (Lipinski definition) is 1. The first-order chi connectivity index (χ1) is 7.22. The molecule has 2 rings (SSSR count). The number of carbonyl (C=O) groups excluding carboxylic acids is 1. The number of benzene rings is 1. The van der Waals surface area contributed by atoms with Gasteiger partial charge < -0.3 is 14.5 Å². The molecule has 0 spiro atoms. The molecule has 1 heterocycles. The summed E-state index contributed by atoms with van der Waals surface area (Å²) in [5.74, 6) is -0.455. The van der Waals surface area contributed by atoms with Gasteiger partial charge in [0, 0.05) is 32.7 Å². The van der Waals surface area contributed by atoms with E-state index in [1.165, 1.54) is 19.2 Å². The number of nitrogens with one attached hydrogen (secondary N) is 1. The van der Waals surface area contributed by atoms with Crippen molar-refractivity contribution in [2.24, 2.45) is 0 Å². The van der Waals surface area contributed by atoms with Gasteiger partial charge in [0.05, 0.1) is 18.1 Å². The van der Waals surface area contributed by atoms with Crippen LogP contribution in [0, 0.1) is 6.20 Å². The zero-order chi connectivity index (χ0) is 10.8. The zero-order valence-corrected chi connectivity index (χ0v) is 11.4. The molecular weight excluding hydrogens is 283 g/mol. The Morgan fingerprint density at radius 3 is 2.88 bits per heavy atom. The Morgan fingerprint density at radius 2 is 2.19 bits per heavy atom. The van der Waals surface area contributed by atoms with Gasteiger partial charge in [0.2, 0.25) is 0 Å². The summed E-state index contributed by atoms with van der Waals surface area (Å²) in [7, 11) is 1.30. The van der Waals surface area contributed by atoms with Gasteiger partial charge in [-0.1, -0.05) is 29.1 Å². The van der Waals surface area contributed by atoms with Crippen LogP contribution in [0.5, 0.6) is 0 Å². The maximum Gasteiger partial charge on any atom is 0.337 e. The van der Waals surface area contributed by atoms with Gasteiger partial charge in [0.15, 0.2) is 0 Å². The molecule has 1 aromatic carbocycles. The van der Waals surface area contributed by atoms with E-state index in [4.69, 9.17) is 0 Å². The normalized spacial score (nSPS) is 9.56. The molecule has 0 fully saturated rings. The summed E-state index contributed by atoms with van der Waals surface area (Å²) in [6.07, 6.45) is 2.61. The van der Waals surface area contributed by atoms with Crippen LogP contribution in [0.3, 0.4) is 0 Å². The first-order valence-electron chi connectivity index (χ1n) is 4.34. The van der Waals surface area contributed by atoms with Crippen LogP contribution < -0.4 is 5.43 Å². The van der Waals surface area contributed by atoms with Crippen molar-refractivity contribution in [1.82, 2.24) is 4.98 Å². The van der Waals surface area contributed by atoms with Crippen molar-refractivity contribution >= 4 is 16.9 Å². The SMILES string of the molecule is COC(=O)c1ccc2[nH][c-]cc(=O)c2c1.[Y]. The molecule has 0 saturated carbocycles. The number of fused-ring (bicyclic) bond motifs is 1. The minimum atomic E-state index is -0.455. The van der Waals surface area contributed by atoms with Gasteiger partial charge in [0.25, 0.3) is 0 Å². The Morgan fingerprint density at radius 1 is 1.44 bits per heavy atom. The minimum Gasteiger partial charge on any atom is -0.468 e. The summed E-state index contributed by atoms with van der Waals surface area (Å²) in [6.45, 7) is 0. The summed E-state index contributed by atoms with van der Waals surface area (Å²) in [6, 6.07) is 6.05. The van der Waals surface area contributed by atoms with Gasteiger partial charge in [-0.2, -0.15) is 0 Å². The van der Waals surface area contributed by atoms with E-state index in [1.807, 2.05) is 0 Å². The molecule has 0 aliphatic carbocycles. The molecule has 5 heteroatoms. The van der Waals surface area contributed by atoms with Gasteiger partial charge in [-0.05, 0) is 0 Å². The number of hydrogen-bond acceptors (Lipinski definition) is 3. The van der Waals surface area contributed by atoms with Gasteiger partial charge in [-0.15, -0.1) is 12.3 Å². The quantitative estimate of drug-likeness (QED) is 0.632. The Bertz CT molecular complexity index is 577. The molecule has 2 aromatic rings. The van der Waals surface area contributed by atoms with Crippen molar-refractivity contribution < 1.29 is 42.2 Å². The van der Waals surface area contributed by atoms with E-state index in [9.17, 15) is 9.59 Å². The van der Waals surface area contributed by atoms with Crippen LogP contribution in [-0.2, 0) is 37.4 Å². The van der Waals surface area contributed by atoms with Crippen molar-refractivity contribution in [2.45, 2.75) is 0 Å². The predicted molar refractivity (Wildman–Crippen MR) is 54.7 cm³/mol. The zero-order valence-electron chi connectivity index (χ0n) is 8.61. The third kappa shape index (κ3) is 2.39. The fourth-order valence-electron chi connectivity index (χ4n) is 1.36. The monoisotopic (exact) mass is 291 g/mol. The smallest absolute Gasteiger partial charge is 0.337 e. The van der Waals surface area contributed by atoms with Gasteiger partial charge in [-0.3, -0.25) is 0 Å². The van der Waals surface area contributed by atoms with Crippen molar-refractivity contribution in [3.8, 4) is 0 Å². The van der Waals surface area contributed by atoms with Crippen LogP contribution in [0.15, 0.2) is 29.1 Å². The summed E-state index contributed by atoms with van der Waals surface area (Å²) in [5, 5.41) is 0.455. The molecule has 0 bridgehead atoms. The van der Waals surface area contributed by atoms with Crippen molar-refractivity contribution in [1.29, 1.82) is 0 Å². The molecule has 0 aliphatic heterocycles. The summed E-state index contributed by atoms with van der Waals surface area (Å²) in [5.41, 5.74) is 0.839. The molecule has 0 unspecified atom stereocenters. The van der Waals surface area contributed by atoms with E-state index in [-0.39, 0.29) is 38.1 Å². The van der Waals surface area contributed by atoms with E-state index >= 15 is 0 Å². The van der Waals surface area contributed by atoms with Crippen molar-refractivity contribution in [3.63, 3.8) is 0 Å². The molecule has 0 atom stereocenters. The second-order valence-corrected chi connectivity index (χ2v) is 3.03. The molecule has 16 heavy (non-hydrogen) atoms. The van der Waals surface area contributed by atoms with Crippen LogP contribution in [0.4, 0.5) is 0 Å².